The van der Waals surface area contributed by atoms with E-state index in [1.54, 1.807) is 11.0 Å². The molecule has 3 aromatic rings. The minimum absolute atomic E-state index is 0.104. The zero-order chi connectivity index (χ0) is 31.0. The normalized spacial score (nSPS) is 14.3. The SMILES string of the molecule is Cc1cccc(N(CCCC(=O)N(Cc2cccc(Br)c2)[C@H](Cc2ccccc2)C(=O)NC2CCCC2)S(C)(=O)=O)c1C. The van der Waals surface area contributed by atoms with Gasteiger partial charge in [0.15, 0.2) is 0 Å². The number of nitrogens with zero attached hydrogens (tertiary/aromatic N) is 2. The first-order chi connectivity index (χ1) is 20.5. The third-order valence-electron chi connectivity index (χ3n) is 8.21. The fourth-order valence-electron chi connectivity index (χ4n) is 5.74. The number of hydrogen-bond acceptors (Lipinski definition) is 4. The number of benzene rings is 3. The minimum atomic E-state index is -3.57. The third kappa shape index (κ3) is 9.16. The summed E-state index contributed by atoms with van der Waals surface area (Å²) in [4.78, 5) is 29.6. The summed E-state index contributed by atoms with van der Waals surface area (Å²) in [6, 6.07) is 22.5. The molecule has 0 unspecified atom stereocenters. The largest absolute Gasteiger partial charge is 0.352 e. The van der Waals surface area contributed by atoms with Crippen LogP contribution in [-0.2, 0) is 32.6 Å². The Bertz CT molecular complexity index is 1510. The molecular weight excluding hydrogens is 626 g/mol. The van der Waals surface area contributed by atoms with Crippen molar-refractivity contribution < 1.29 is 18.0 Å². The number of amides is 2. The topological polar surface area (TPSA) is 86.8 Å². The maximum absolute atomic E-state index is 14.1. The van der Waals surface area contributed by atoms with Gasteiger partial charge in [-0.15, -0.1) is 0 Å². The van der Waals surface area contributed by atoms with Gasteiger partial charge in [-0.05, 0) is 73.6 Å². The van der Waals surface area contributed by atoms with E-state index >= 15 is 0 Å². The number of anilines is 1. The van der Waals surface area contributed by atoms with Crippen molar-refractivity contribution in [2.45, 2.75) is 77.4 Å². The van der Waals surface area contributed by atoms with Crippen LogP contribution in [0.25, 0.3) is 0 Å². The minimum Gasteiger partial charge on any atom is -0.352 e. The van der Waals surface area contributed by atoms with Crippen molar-refractivity contribution >= 4 is 43.5 Å². The number of sulfonamides is 1. The first kappa shape index (κ1) is 32.7. The van der Waals surface area contributed by atoms with E-state index in [2.05, 4.69) is 21.2 Å². The third-order valence-corrected chi connectivity index (χ3v) is 9.88. The highest BCUT2D eigenvalue weighted by Gasteiger charge is 2.32. The fourth-order valence-corrected chi connectivity index (χ4v) is 7.20. The average molecular weight is 669 g/mol. The molecule has 1 fully saturated rings. The average Bonchev–Trinajstić information content (AvgIpc) is 3.47. The van der Waals surface area contributed by atoms with Crippen molar-refractivity contribution in [2.24, 2.45) is 0 Å². The smallest absolute Gasteiger partial charge is 0.243 e. The van der Waals surface area contributed by atoms with Crippen molar-refractivity contribution in [3.8, 4) is 0 Å². The maximum atomic E-state index is 14.1. The van der Waals surface area contributed by atoms with Gasteiger partial charge >= 0.3 is 0 Å². The molecule has 2 amide bonds. The molecule has 7 nitrogen and oxygen atoms in total. The van der Waals surface area contributed by atoms with E-state index in [4.69, 9.17) is 0 Å². The van der Waals surface area contributed by atoms with E-state index in [9.17, 15) is 18.0 Å². The lowest BCUT2D eigenvalue weighted by Crippen LogP contribution is -2.52. The number of nitrogens with one attached hydrogen (secondary N) is 1. The highest BCUT2D eigenvalue weighted by Crippen LogP contribution is 2.26. The van der Waals surface area contributed by atoms with Crippen LogP contribution in [0.1, 0.15) is 60.8 Å². The van der Waals surface area contributed by atoms with Crippen LogP contribution in [0.2, 0.25) is 0 Å². The van der Waals surface area contributed by atoms with E-state index in [0.717, 1.165) is 52.4 Å². The monoisotopic (exact) mass is 667 g/mol. The van der Waals surface area contributed by atoms with Crippen LogP contribution >= 0.6 is 15.9 Å². The van der Waals surface area contributed by atoms with Crippen molar-refractivity contribution in [1.29, 1.82) is 0 Å². The number of rotatable bonds is 13. The van der Waals surface area contributed by atoms with Crippen LogP contribution in [0, 0.1) is 13.8 Å². The number of carbonyl (C=O) groups excluding carboxylic acids is 2. The van der Waals surface area contributed by atoms with Crippen LogP contribution in [0.5, 0.6) is 0 Å². The molecule has 1 N–H and O–H groups in total. The zero-order valence-corrected chi connectivity index (χ0v) is 27.7. The molecule has 9 heteroatoms. The van der Waals surface area contributed by atoms with E-state index in [0.29, 0.717) is 18.5 Å². The molecule has 0 aliphatic heterocycles. The number of hydrogen-bond donors (Lipinski definition) is 1. The fraction of sp³-hybridized carbons (Fsp3) is 0.412. The van der Waals surface area contributed by atoms with Gasteiger partial charge in [0.1, 0.15) is 6.04 Å². The van der Waals surface area contributed by atoms with Gasteiger partial charge in [0.25, 0.3) is 0 Å². The Kier molecular flexibility index (Phi) is 11.4. The maximum Gasteiger partial charge on any atom is 0.243 e. The molecule has 230 valence electrons. The first-order valence-electron chi connectivity index (χ1n) is 14.9. The summed E-state index contributed by atoms with van der Waals surface area (Å²) >= 11 is 3.53. The van der Waals surface area contributed by atoms with Gasteiger partial charge in [-0.25, -0.2) is 8.42 Å². The molecule has 0 radical (unpaired) electrons. The summed E-state index contributed by atoms with van der Waals surface area (Å²) in [5.74, 6) is -0.329. The molecule has 0 aromatic heterocycles. The van der Waals surface area contributed by atoms with E-state index < -0.39 is 16.1 Å². The van der Waals surface area contributed by atoms with Gasteiger partial charge in [-0.2, -0.15) is 0 Å². The Morgan fingerprint density at radius 2 is 1.63 bits per heavy atom. The van der Waals surface area contributed by atoms with Gasteiger partial charge < -0.3 is 10.2 Å². The van der Waals surface area contributed by atoms with Crippen LogP contribution in [0.4, 0.5) is 5.69 Å². The summed E-state index contributed by atoms with van der Waals surface area (Å²) in [6.07, 6.45) is 6.07. The van der Waals surface area contributed by atoms with Crippen LogP contribution in [0.15, 0.2) is 77.3 Å². The van der Waals surface area contributed by atoms with E-state index in [1.807, 2.05) is 80.6 Å². The number of aryl methyl sites for hydroxylation is 1. The zero-order valence-electron chi connectivity index (χ0n) is 25.3. The van der Waals surface area contributed by atoms with Crippen LogP contribution in [0.3, 0.4) is 0 Å². The molecule has 1 aliphatic rings. The second-order valence-corrected chi connectivity index (χ2v) is 14.3. The van der Waals surface area contributed by atoms with Gasteiger partial charge in [-0.3, -0.25) is 13.9 Å². The predicted molar refractivity (Wildman–Crippen MR) is 176 cm³/mol. The quantitative estimate of drug-likeness (QED) is 0.231. The van der Waals surface area contributed by atoms with Crippen LogP contribution in [-0.4, -0.2) is 50.0 Å². The highest BCUT2D eigenvalue weighted by molar-refractivity contribution is 9.10. The molecule has 0 bridgehead atoms. The summed E-state index contributed by atoms with van der Waals surface area (Å²) in [5.41, 5.74) is 4.39. The van der Waals surface area contributed by atoms with Crippen molar-refractivity contribution in [3.63, 3.8) is 0 Å². The molecule has 3 aromatic carbocycles. The van der Waals surface area contributed by atoms with Gasteiger partial charge in [0.2, 0.25) is 21.8 Å². The molecule has 0 heterocycles. The molecule has 0 spiro atoms. The van der Waals surface area contributed by atoms with Crippen molar-refractivity contribution in [3.05, 3.63) is 99.5 Å². The lowest BCUT2D eigenvalue weighted by molar-refractivity contribution is -0.141. The molecule has 43 heavy (non-hydrogen) atoms. The molecule has 1 aliphatic carbocycles. The molecule has 4 rings (SSSR count). The molecule has 1 saturated carbocycles. The van der Waals surface area contributed by atoms with Crippen molar-refractivity contribution in [1.82, 2.24) is 10.2 Å². The van der Waals surface area contributed by atoms with Crippen molar-refractivity contribution in [2.75, 3.05) is 17.1 Å². The Balaban J connectivity index is 1.60. The Labute approximate surface area is 264 Å². The number of halogens is 1. The highest BCUT2D eigenvalue weighted by atomic mass is 79.9. The van der Waals surface area contributed by atoms with Crippen LogP contribution < -0.4 is 9.62 Å². The second-order valence-electron chi connectivity index (χ2n) is 11.5. The first-order valence-corrected chi connectivity index (χ1v) is 17.6. The Morgan fingerprint density at radius 1 is 0.953 bits per heavy atom. The Morgan fingerprint density at radius 3 is 2.30 bits per heavy atom. The predicted octanol–water partition coefficient (Wildman–Crippen LogP) is 6.31. The van der Waals surface area contributed by atoms with E-state index in [1.165, 1.54) is 10.6 Å². The lowest BCUT2D eigenvalue weighted by Gasteiger charge is -2.33. The van der Waals surface area contributed by atoms with Gasteiger partial charge in [0, 0.05) is 36.4 Å². The summed E-state index contributed by atoms with van der Waals surface area (Å²) in [5, 5.41) is 3.23. The summed E-state index contributed by atoms with van der Waals surface area (Å²) in [7, 11) is -3.57. The Hall–Kier alpha value is -3.17. The number of carbonyl (C=O) groups is 2. The standard InChI is InChI=1S/C34H42BrN3O4S/c1-25-12-9-19-31(26(25)2)38(43(3,41)42)21-11-20-33(39)37(24-28-15-10-16-29(35)22-28)32(23-27-13-5-4-6-14-27)34(40)36-30-17-7-8-18-30/h4-6,9-10,12-16,19,22,30,32H,7-8,11,17-18,20-21,23-24H2,1-3H3,(H,36,40)/t32-/m1/s1. The second kappa shape index (κ2) is 15.0. The molecule has 1 atom stereocenters. The molecular formula is C34H42BrN3O4S. The lowest BCUT2D eigenvalue weighted by atomic mass is 10.0. The summed E-state index contributed by atoms with van der Waals surface area (Å²) < 4.78 is 27.9. The van der Waals surface area contributed by atoms with E-state index in [-0.39, 0.29) is 37.4 Å². The molecule has 0 saturated heterocycles. The summed E-state index contributed by atoms with van der Waals surface area (Å²) in [6.45, 7) is 4.29. The van der Waals surface area contributed by atoms with Gasteiger partial charge in [-0.1, -0.05) is 83.4 Å². The van der Waals surface area contributed by atoms with Gasteiger partial charge in [0.05, 0.1) is 11.9 Å².